The van der Waals surface area contributed by atoms with Crippen LogP contribution in [-0.4, -0.2) is 27.1 Å². The van der Waals surface area contributed by atoms with Gasteiger partial charge in [-0.15, -0.1) is 0 Å². The third-order valence-electron chi connectivity index (χ3n) is 0. The minimum Gasteiger partial charge on any atom is -0.412 e. The summed E-state index contributed by atoms with van der Waals surface area (Å²) in [5.74, 6) is 0. The van der Waals surface area contributed by atoms with Gasteiger partial charge in [0.25, 0.3) is 0 Å². The highest BCUT2D eigenvalue weighted by molar-refractivity contribution is 4.48. The topological polar surface area (TPSA) is 124 Å². The first kappa shape index (κ1) is 17.0. The van der Waals surface area contributed by atoms with Crippen LogP contribution in [0.5, 0.6) is 0 Å². The van der Waals surface area contributed by atoms with Crippen molar-refractivity contribution in [1.29, 1.82) is 0 Å². The van der Waals surface area contributed by atoms with E-state index in [0.717, 1.165) is 0 Å². The molecule has 0 saturated carbocycles. The van der Waals surface area contributed by atoms with Crippen molar-refractivity contribution in [2.24, 2.45) is 11.5 Å². The van der Waals surface area contributed by atoms with Crippen LogP contribution in [0.25, 0.3) is 0 Å². The predicted molar refractivity (Wildman–Crippen MR) is 44.6 cm³/mol. The summed E-state index contributed by atoms with van der Waals surface area (Å²) in [4.78, 5) is 0. The molecular formula is C6H20N2O3. The molecule has 0 unspecified atom stereocenters. The lowest BCUT2D eigenvalue weighted by atomic mass is 10.4. The molecule has 0 aromatic carbocycles. The molecule has 5 nitrogen and oxygen atoms in total. The molecule has 8 N–H and O–H groups in total. The van der Waals surface area contributed by atoms with Crippen molar-refractivity contribution in [3.8, 4) is 0 Å². The van der Waals surface area contributed by atoms with Gasteiger partial charge in [-0.3, -0.25) is 0 Å². The highest BCUT2D eigenvalue weighted by Crippen LogP contribution is 1.82. The normalized spacial score (nSPS) is 10.9. The third kappa shape index (κ3) is 14900. The van der Waals surface area contributed by atoms with Gasteiger partial charge >= 0.3 is 0 Å². The zero-order valence-corrected chi connectivity index (χ0v) is 7.55. The maximum absolute atomic E-state index is 8.30. The Morgan fingerprint density at radius 3 is 0.818 bits per heavy atom. The van der Waals surface area contributed by atoms with Crippen molar-refractivity contribution < 1.29 is 15.7 Å². The molecule has 0 fully saturated rings. The smallest absolute Gasteiger partial charge is 0.107 e. The van der Waals surface area contributed by atoms with Crippen molar-refractivity contribution in [2.45, 2.75) is 39.1 Å². The van der Waals surface area contributed by atoms with E-state index < -0.39 is 11.4 Å². The van der Waals surface area contributed by atoms with E-state index in [1.54, 1.807) is 0 Å². The molecule has 0 rings (SSSR count). The van der Waals surface area contributed by atoms with Crippen LogP contribution in [0.4, 0.5) is 0 Å². The molecule has 0 aliphatic heterocycles. The molecule has 0 saturated heterocycles. The standard InChI is InChI=1S/2C3H9NO.H2O/c2*1-3(2,4)5;/h2*5H,4H2,1-2H3;1H2. The summed E-state index contributed by atoms with van der Waals surface area (Å²) in [6.07, 6.45) is 0. The maximum atomic E-state index is 8.30. The minimum atomic E-state index is -1.00. The Morgan fingerprint density at radius 1 is 0.818 bits per heavy atom. The molecule has 0 bridgehead atoms. The zero-order valence-electron chi connectivity index (χ0n) is 7.55. The Bertz CT molecular complexity index is 58.8. The van der Waals surface area contributed by atoms with Gasteiger partial charge in [-0.05, 0) is 27.7 Å². The first-order valence-corrected chi connectivity index (χ1v) is 3.02. The second kappa shape index (κ2) is 5.45. The van der Waals surface area contributed by atoms with Crippen LogP contribution in [0.2, 0.25) is 0 Å². The zero-order chi connectivity index (χ0) is 9.00. The van der Waals surface area contributed by atoms with E-state index in [1.807, 2.05) is 0 Å². The van der Waals surface area contributed by atoms with Crippen molar-refractivity contribution in [3.05, 3.63) is 0 Å². The van der Waals surface area contributed by atoms with Crippen LogP contribution in [0.1, 0.15) is 27.7 Å². The molecule has 0 aromatic rings. The monoisotopic (exact) mass is 168 g/mol. The largest absolute Gasteiger partial charge is 0.412 e. The molecule has 5 heteroatoms. The Morgan fingerprint density at radius 2 is 0.818 bits per heavy atom. The number of rotatable bonds is 0. The molecule has 0 heterocycles. The average molecular weight is 168 g/mol. The van der Waals surface area contributed by atoms with Gasteiger partial charge in [-0.25, -0.2) is 0 Å². The highest BCUT2D eigenvalue weighted by Gasteiger charge is 1.98. The molecule has 0 aliphatic rings. The van der Waals surface area contributed by atoms with E-state index in [1.165, 1.54) is 27.7 Å². The van der Waals surface area contributed by atoms with Gasteiger partial charge in [0.15, 0.2) is 0 Å². The quantitative estimate of drug-likeness (QED) is 0.329. The third-order valence-corrected chi connectivity index (χ3v) is 0. The molecule has 0 amide bonds. The molecule has 11 heavy (non-hydrogen) atoms. The van der Waals surface area contributed by atoms with Gasteiger partial charge in [0, 0.05) is 0 Å². The second-order valence-corrected chi connectivity index (χ2v) is 3.31. The van der Waals surface area contributed by atoms with Gasteiger partial charge in [0.2, 0.25) is 0 Å². The number of nitrogens with two attached hydrogens (primary N) is 2. The summed E-state index contributed by atoms with van der Waals surface area (Å²) in [5.41, 5.74) is 7.82. The van der Waals surface area contributed by atoms with Gasteiger partial charge in [0.1, 0.15) is 11.4 Å². The average Bonchev–Trinajstić information content (AvgIpc) is 1.12. The van der Waals surface area contributed by atoms with Crippen LogP contribution < -0.4 is 11.5 Å². The SMILES string of the molecule is CC(C)(N)O.CC(C)(N)O.O. The van der Waals surface area contributed by atoms with E-state index in [4.69, 9.17) is 21.7 Å². The van der Waals surface area contributed by atoms with Crippen molar-refractivity contribution in [3.63, 3.8) is 0 Å². The predicted octanol–water partition coefficient (Wildman–Crippen LogP) is -1.48. The van der Waals surface area contributed by atoms with Crippen molar-refractivity contribution in [1.82, 2.24) is 0 Å². The first-order chi connectivity index (χ1) is 4.00. The van der Waals surface area contributed by atoms with Gasteiger partial charge < -0.3 is 27.2 Å². The molecule has 0 atom stereocenters. The van der Waals surface area contributed by atoms with Crippen LogP contribution in [0, 0.1) is 0 Å². The van der Waals surface area contributed by atoms with E-state index in [9.17, 15) is 0 Å². The number of aliphatic hydroxyl groups is 2. The van der Waals surface area contributed by atoms with Gasteiger partial charge in [0.05, 0.1) is 0 Å². The fraction of sp³-hybridized carbons (Fsp3) is 1.00. The summed E-state index contributed by atoms with van der Waals surface area (Å²) >= 11 is 0. The maximum Gasteiger partial charge on any atom is 0.107 e. The Balaban J connectivity index is -0.000000107. The fourth-order valence-electron chi connectivity index (χ4n) is 0. The molecule has 0 spiro atoms. The van der Waals surface area contributed by atoms with Crippen LogP contribution in [0.3, 0.4) is 0 Å². The summed E-state index contributed by atoms with van der Waals surface area (Å²) in [5, 5.41) is 16.6. The fourth-order valence-corrected chi connectivity index (χ4v) is 0. The highest BCUT2D eigenvalue weighted by atomic mass is 16.3. The van der Waals surface area contributed by atoms with Gasteiger partial charge in [-0.1, -0.05) is 0 Å². The Kier molecular flexibility index (Phi) is 8.45. The molecule has 0 aromatic heterocycles. The number of hydrogen-bond donors (Lipinski definition) is 4. The summed E-state index contributed by atoms with van der Waals surface area (Å²) < 4.78 is 0. The summed E-state index contributed by atoms with van der Waals surface area (Å²) in [6.45, 7) is 6.08. The lowest BCUT2D eigenvalue weighted by Crippen LogP contribution is -2.30. The van der Waals surface area contributed by atoms with Crippen molar-refractivity contribution in [2.75, 3.05) is 0 Å². The second-order valence-electron chi connectivity index (χ2n) is 3.31. The summed E-state index contributed by atoms with van der Waals surface area (Å²) in [6, 6.07) is 0. The lowest BCUT2D eigenvalue weighted by molar-refractivity contribution is 0.0873. The van der Waals surface area contributed by atoms with Crippen LogP contribution in [-0.2, 0) is 0 Å². The first-order valence-electron chi connectivity index (χ1n) is 3.02. The van der Waals surface area contributed by atoms with E-state index in [0.29, 0.717) is 0 Å². The van der Waals surface area contributed by atoms with Crippen molar-refractivity contribution >= 4 is 0 Å². The summed E-state index contributed by atoms with van der Waals surface area (Å²) in [7, 11) is 0. The van der Waals surface area contributed by atoms with E-state index >= 15 is 0 Å². The number of hydrogen-bond acceptors (Lipinski definition) is 4. The molecular weight excluding hydrogens is 148 g/mol. The molecule has 0 radical (unpaired) electrons. The molecule has 72 valence electrons. The minimum absolute atomic E-state index is 0. The Labute approximate surface area is 67.3 Å². The van der Waals surface area contributed by atoms with Gasteiger partial charge in [-0.2, -0.15) is 0 Å². The lowest BCUT2D eigenvalue weighted by Gasteiger charge is -2.05. The molecule has 0 aliphatic carbocycles. The van der Waals surface area contributed by atoms with E-state index in [-0.39, 0.29) is 5.48 Å². The van der Waals surface area contributed by atoms with E-state index in [2.05, 4.69) is 0 Å². The van der Waals surface area contributed by atoms with Crippen LogP contribution >= 0.6 is 0 Å². The Hall–Kier alpha value is -0.200. The van der Waals surface area contributed by atoms with Crippen LogP contribution in [0.15, 0.2) is 0 Å².